The fourth-order valence-corrected chi connectivity index (χ4v) is 11.2. The Kier molecular flexibility index (Phi) is 46.4. The fraction of sp³-hybridized carbons (Fsp3) is 0.757. The third-order valence-electron chi connectivity index (χ3n) is 16.6. The number of hydrogen-bond acceptors (Lipinski definition) is 6. The Morgan fingerprint density at radius 2 is 0.463 bits per heavy atom. The van der Waals surface area contributed by atoms with Gasteiger partial charge in [0, 0.05) is 0 Å². The Bertz CT molecular complexity index is 2030. The highest BCUT2D eigenvalue weighted by Gasteiger charge is 2.11. The van der Waals surface area contributed by atoms with Crippen LogP contribution in [0, 0.1) is 0 Å². The molecule has 2 aromatic carbocycles. The van der Waals surface area contributed by atoms with Gasteiger partial charge in [-0.2, -0.15) is 0 Å². The van der Waals surface area contributed by atoms with Crippen LogP contribution in [-0.4, -0.2) is 36.4 Å². The number of hydrogen-bond donors (Lipinski definition) is 2. The molecule has 0 radical (unpaired) electrons. The molecule has 1 aromatic heterocycles. The average molecular weight is 1140 g/mol. The Balaban J connectivity index is 1.65. The molecule has 0 spiro atoms. The number of unbranched alkanes of at least 4 members (excludes halogenated alkanes) is 44. The molecule has 8 nitrogen and oxygen atoms in total. The van der Waals surface area contributed by atoms with Gasteiger partial charge in [-0.1, -0.05) is 322 Å². The van der Waals surface area contributed by atoms with E-state index in [2.05, 4.69) is 37.7 Å². The van der Waals surface area contributed by atoms with Gasteiger partial charge in [0.15, 0.2) is 23.0 Å². The van der Waals surface area contributed by atoms with E-state index in [1.807, 2.05) is 36.4 Å². The molecular formula is C74H126N2O6. The maximum absolute atomic E-state index is 13.7. The highest BCUT2D eigenvalue weighted by atomic mass is 16.5. The molecule has 82 heavy (non-hydrogen) atoms. The lowest BCUT2D eigenvalue weighted by Gasteiger charge is -2.14. The van der Waals surface area contributed by atoms with Crippen molar-refractivity contribution < 1.29 is 18.9 Å². The van der Waals surface area contributed by atoms with E-state index in [-0.39, 0.29) is 21.8 Å². The maximum Gasteiger partial charge on any atom is 0.272 e. The lowest BCUT2D eigenvalue weighted by Crippen LogP contribution is -2.46. The summed E-state index contributed by atoms with van der Waals surface area (Å²) in [5, 5.41) is 0.374. The molecule has 0 amide bonds. The topological polar surface area (TPSA) is 103 Å². The van der Waals surface area contributed by atoms with Gasteiger partial charge in [0.1, 0.15) is 10.7 Å². The number of benzene rings is 2. The van der Waals surface area contributed by atoms with Crippen molar-refractivity contribution in [1.82, 2.24) is 9.97 Å². The average Bonchev–Trinajstić information content (AvgIpc) is 3.68. The minimum atomic E-state index is -0.372. The lowest BCUT2D eigenvalue weighted by molar-refractivity contribution is 0.258. The van der Waals surface area contributed by atoms with Crippen molar-refractivity contribution in [2.75, 3.05) is 26.4 Å². The summed E-state index contributed by atoms with van der Waals surface area (Å²) >= 11 is 0. The summed E-state index contributed by atoms with van der Waals surface area (Å²) in [6, 6.07) is 11.6. The number of H-pyrrole nitrogens is 2. The van der Waals surface area contributed by atoms with Crippen molar-refractivity contribution in [1.29, 1.82) is 0 Å². The number of aromatic nitrogens is 2. The van der Waals surface area contributed by atoms with Crippen LogP contribution in [0.1, 0.15) is 347 Å². The van der Waals surface area contributed by atoms with Crippen LogP contribution in [0.2, 0.25) is 0 Å². The first-order chi connectivity index (χ1) is 40.5. The summed E-state index contributed by atoms with van der Waals surface area (Å²) in [5.74, 6) is 2.81. The number of ether oxygens (including phenoxy) is 4. The van der Waals surface area contributed by atoms with E-state index in [9.17, 15) is 9.59 Å². The molecule has 0 fully saturated rings. The van der Waals surface area contributed by atoms with Crippen molar-refractivity contribution in [2.24, 2.45) is 0 Å². The van der Waals surface area contributed by atoms with Crippen LogP contribution in [0.15, 0.2) is 46.0 Å². The molecule has 0 atom stereocenters. The molecule has 0 aliphatic carbocycles. The standard InChI is InChI=1S/C74H126N2O6/c1-5-9-13-17-21-25-29-33-37-41-45-49-57-79-69-55-53-65(63-71(69)81-59-51-47-43-39-35-31-27-23-19-15-11-7-3)61-67-73(77)76-68(74(78)75-67)62-66-54-56-70(80-58-50-46-42-38-34-30-26-22-18-14-10-6-2)72(64-66)82-60-52-48-44-40-36-32-28-24-20-16-12-8-4/h53-56,61-64H,5-52,57-60H2,1-4H3,(H,75,78)(H,76,77)/b67-61-,68-62-. The summed E-state index contributed by atoms with van der Waals surface area (Å²) in [4.78, 5) is 33.2. The largest absolute Gasteiger partial charge is 0.490 e. The highest BCUT2D eigenvalue weighted by molar-refractivity contribution is 5.56. The summed E-state index contributed by atoms with van der Waals surface area (Å²) in [7, 11) is 0. The first kappa shape index (κ1) is 72.3. The van der Waals surface area contributed by atoms with Gasteiger partial charge in [-0.3, -0.25) is 9.59 Å². The summed E-state index contributed by atoms with van der Waals surface area (Å²) < 4.78 is 25.6. The highest BCUT2D eigenvalue weighted by Crippen LogP contribution is 2.31. The number of nitrogens with one attached hydrogen (secondary N) is 2. The molecule has 3 rings (SSSR count). The first-order valence-corrected chi connectivity index (χ1v) is 35.3. The van der Waals surface area contributed by atoms with Crippen LogP contribution >= 0.6 is 0 Å². The van der Waals surface area contributed by atoms with Gasteiger partial charge in [-0.15, -0.1) is 0 Å². The van der Waals surface area contributed by atoms with Gasteiger partial charge in [-0.05, 0) is 73.2 Å². The predicted octanol–water partition coefficient (Wildman–Crippen LogP) is 21.0. The van der Waals surface area contributed by atoms with Crippen LogP contribution in [-0.2, 0) is 0 Å². The summed E-state index contributed by atoms with van der Waals surface area (Å²) in [5.41, 5.74) is 0.773. The van der Waals surface area contributed by atoms with Crippen molar-refractivity contribution in [2.45, 2.75) is 336 Å². The molecule has 0 saturated heterocycles. The van der Waals surface area contributed by atoms with E-state index < -0.39 is 0 Å². The van der Waals surface area contributed by atoms with Gasteiger partial charge in [0.25, 0.3) is 11.1 Å². The SMILES string of the molecule is CCCCCCCCCCCCCCOc1ccc(/C=c2\[nH]c(=O)/c(=C/c3ccc(OCCCCCCCCCCCCCC)c(OCCCCCCCCCCCCCC)c3)[nH]c2=O)cc1OCCCCCCCCCCCCCC. The van der Waals surface area contributed by atoms with Crippen molar-refractivity contribution >= 4 is 12.2 Å². The van der Waals surface area contributed by atoms with Crippen LogP contribution in [0.3, 0.4) is 0 Å². The Labute approximate surface area is 503 Å². The summed E-state index contributed by atoms with van der Waals surface area (Å²) in [6.07, 6.45) is 65.7. The van der Waals surface area contributed by atoms with Crippen LogP contribution in [0.5, 0.6) is 23.0 Å². The molecule has 2 N–H and O–H groups in total. The van der Waals surface area contributed by atoms with Crippen LogP contribution in [0.4, 0.5) is 0 Å². The molecule has 0 bridgehead atoms. The van der Waals surface area contributed by atoms with Gasteiger partial charge in [0.2, 0.25) is 0 Å². The van der Waals surface area contributed by atoms with E-state index in [1.54, 1.807) is 12.2 Å². The lowest BCUT2D eigenvalue weighted by atomic mass is 10.1. The normalized spacial score (nSPS) is 12.0. The Morgan fingerprint density at radius 1 is 0.268 bits per heavy atom. The van der Waals surface area contributed by atoms with Gasteiger partial charge < -0.3 is 28.9 Å². The minimum Gasteiger partial charge on any atom is -0.490 e. The zero-order valence-corrected chi connectivity index (χ0v) is 53.8. The maximum atomic E-state index is 13.7. The van der Waals surface area contributed by atoms with E-state index in [1.165, 1.54) is 257 Å². The molecule has 8 heteroatoms. The molecule has 1 heterocycles. The van der Waals surface area contributed by atoms with E-state index >= 15 is 0 Å². The molecule has 0 aliphatic rings. The second-order valence-corrected chi connectivity index (χ2v) is 24.4. The molecule has 0 unspecified atom stereocenters. The van der Waals surface area contributed by atoms with Crippen LogP contribution in [0.25, 0.3) is 12.2 Å². The molecule has 3 aromatic rings. The van der Waals surface area contributed by atoms with Gasteiger partial charge >= 0.3 is 0 Å². The van der Waals surface area contributed by atoms with Gasteiger partial charge in [0.05, 0.1) is 26.4 Å². The van der Waals surface area contributed by atoms with Gasteiger partial charge in [-0.25, -0.2) is 0 Å². The number of rotatable bonds is 58. The quantitative estimate of drug-likeness (QED) is 0.0546. The smallest absolute Gasteiger partial charge is 0.272 e. The second-order valence-electron chi connectivity index (χ2n) is 24.4. The predicted molar refractivity (Wildman–Crippen MR) is 353 cm³/mol. The first-order valence-electron chi connectivity index (χ1n) is 35.3. The molecular weight excluding hydrogens is 1010 g/mol. The van der Waals surface area contributed by atoms with E-state index in [0.29, 0.717) is 37.9 Å². The molecule has 0 saturated carbocycles. The Hall–Kier alpha value is -3.94. The summed E-state index contributed by atoms with van der Waals surface area (Å²) in [6.45, 7) is 11.6. The van der Waals surface area contributed by atoms with Crippen molar-refractivity contribution in [3.8, 4) is 23.0 Å². The Morgan fingerprint density at radius 3 is 0.683 bits per heavy atom. The third kappa shape index (κ3) is 38.1. The van der Waals surface area contributed by atoms with Crippen LogP contribution < -0.4 is 40.8 Å². The van der Waals surface area contributed by atoms with E-state index in [4.69, 9.17) is 18.9 Å². The third-order valence-corrected chi connectivity index (χ3v) is 16.6. The number of aromatic amines is 2. The fourth-order valence-electron chi connectivity index (χ4n) is 11.2. The molecule has 0 aliphatic heterocycles. The zero-order chi connectivity index (χ0) is 58.4. The zero-order valence-electron chi connectivity index (χ0n) is 53.8. The second kappa shape index (κ2) is 52.6. The minimum absolute atomic E-state index is 0.187. The molecule has 468 valence electrons. The van der Waals surface area contributed by atoms with Crippen molar-refractivity contribution in [3.05, 3.63) is 78.9 Å². The monoisotopic (exact) mass is 1140 g/mol. The van der Waals surface area contributed by atoms with Crippen molar-refractivity contribution in [3.63, 3.8) is 0 Å². The van der Waals surface area contributed by atoms with E-state index in [0.717, 1.165) is 74.0 Å².